The molecule has 3 atom stereocenters. The maximum atomic E-state index is 5.84. The molecule has 0 bridgehead atoms. The highest BCUT2D eigenvalue weighted by molar-refractivity contribution is 5.21. The van der Waals surface area contributed by atoms with Crippen LogP contribution in [0.3, 0.4) is 0 Å². The first-order valence-corrected chi connectivity index (χ1v) is 6.82. The topological polar surface area (TPSA) is 57.4 Å². The molecule has 0 aliphatic carbocycles. The van der Waals surface area contributed by atoms with E-state index in [-0.39, 0.29) is 18.1 Å². The molecule has 0 N–H and O–H groups in total. The third-order valence-electron chi connectivity index (χ3n) is 3.69. The van der Waals surface area contributed by atoms with E-state index in [1.54, 1.807) is 7.11 Å². The van der Waals surface area contributed by atoms with Gasteiger partial charge < -0.3 is 13.9 Å². The highest BCUT2D eigenvalue weighted by atomic mass is 16.5. The fourth-order valence-corrected chi connectivity index (χ4v) is 2.48. The van der Waals surface area contributed by atoms with Crippen LogP contribution in [0.1, 0.15) is 48.8 Å². The quantitative estimate of drug-likeness (QED) is 0.857. The molecular formula is C15H18N2O3. The van der Waals surface area contributed by atoms with E-state index in [4.69, 9.17) is 13.9 Å². The average Bonchev–Trinajstić information content (AvgIpc) is 3.15. The molecule has 1 aliphatic rings. The molecule has 5 heteroatoms. The normalized spacial score (nSPS) is 23.9. The lowest BCUT2D eigenvalue weighted by Gasteiger charge is -2.15. The van der Waals surface area contributed by atoms with Crippen molar-refractivity contribution in [1.82, 2.24) is 10.2 Å². The van der Waals surface area contributed by atoms with Crippen molar-refractivity contribution in [3.63, 3.8) is 0 Å². The van der Waals surface area contributed by atoms with Crippen molar-refractivity contribution in [3.05, 3.63) is 47.7 Å². The second-order valence-corrected chi connectivity index (χ2v) is 4.95. The minimum absolute atomic E-state index is 0.0117. The molecule has 5 nitrogen and oxygen atoms in total. The van der Waals surface area contributed by atoms with E-state index in [1.165, 1.54) is 0 Å². The maximum absolute atomic E-state index is 5.84. The lowest BCUT2D eigenvalue weighted by molar-refractivity contribution is 0.0869. The zero-order valence-corrected chi connectivity index (χ0v) is 11.7. The fourth-order valence-electron chi connectivity index (χ4n) is 2.48. The third kappa shape index (κ3) is 2.46. The molecule has 1 aromatic carbocycles. The van der Waals surface area contributed by atoms with E-state index in [9.17, 15) is 0 Å². The summed E-state index contributed by atoms with van der Waals surface area (Å²) in [6.45, 7) is 2.60. The minimum atomic E-state index is -0.186. The van der Waals surface area contributed by atoms with Crippen LogP contribution in [-0.2, 0) is 9.47 Å². The highest BCUT2D eigenvalue weighted by Crippen LogP contribution is 2.41. The molecule has 1 saturated heterocycles. The fraction of sp³-hybridized carbons (Fsp3) is 0.467. The summed E-state index contributed by atoms with van der Waals surface area (Å²) < 4.78 is 16.8. The lowest BCUT2D eigenvalue weighted by atomic mass is 9.95. The van der Waals surface area contributed by atoms with Gasteiger partial charge in [-0.05, 0) is 18.9 Å². The molecule has 0 spiro atoms. The molecule has 1 fully saturated rings. The number of hydrogen-bond donors (Lipinski definition) is 0. The summed E-state index contributed by atoms with van der Waals surface area (Å²) in [5.74, 6) is 1.26. The summed E-state index contributed by atoms with van der Waals surface area (Å²) in [5, 5.41) is 8.23. The van der Waals surface area contributed by atoms with E-state index < -0.39 is 0 Å². The van der Waals surface area contributed by atoms with Gasteiger partial charge in [0.25, 0.3) is 0 Å². The van der Waals surface area contributed by atoms with Gasteiger partial charge in [0.05, 0.1) is 12.0 Å². The minimum Gasteiger partial charge on any atom is -0.422 e. The Morgan fingerprint density at radius 2 is 2.05 bits per heavy atom. The van der Waals surface area contributed by atoms with Crippen molar-refractivity contribution in [1.29, 1.82) is 0 Å². The molecule has 1 aliphatic heterocycles. The Morgan fingerprint density at radius 3 is 2.80 bits per heavy atom. The van der Waals surface area contributed by atoms with Gasteiger partial charge in [0, 0.05) is 13.7 Å². The number of ether oxygens (including phenoxy) is 2. The van der Waals surface area contributed by atoms with Crippen molar-refractivity contribution in [3.8, 4) is 0 Å². The number of benzene rings is 1. The molecule has 20 heavy (non-hydrogen) atoms. The Hall–Kier alpha value is -1.72. The molecule has 106 valence electrons. The number of hydrogen-bond acceptors (Lipinski definition) is 5. The van der Waals surface area contributed by atoms with Crippen LogP contribution in [0.2, 0.25) is 0 Å². The molecule has 1 aromatic heterocycles. The molecular weight excluding hydrogens is 256 g/mol. The van der Waals surface area contributed by atoms with Crippen LogP contribution in [0, 0.1) is 0 Å². The highest BCUT2D eigenvalue weighted by Gasteiger charge is 2.35. The predicted molar refractivity (Wildman–Crippen MR) is 72.2 cm³/mol. The van der Waals surface area contributed by atoms with E-state index in [2.05, 4.69) is 22.3 Å². The molecule has 0 amide bonds. The zero-order chi connectivity index (χ0) is 13.9. The van der Waals surface area contributed by atoms with E-state index in [0.29, 0.717) is 18.4 Å². The summed E-state index contributed by atoms with van der Waals surface area (Å²) >= 11 is 0. The summed E-state index contributed by atoms with van der Waals surface area (Å²) in [6, 6.07) is 10.2. The van der Waals surface area contributed by atoms with Gasteiger partial charge >= 0.3 is 0 Å². The first kappa shape index (κ1) is 13.3. The van der Waals surface area contributed by atoms with E-state index in [0.717, 1.165) is 12.0 Å². The number of nitrogens with zero attached hydrogens (tertiary/aromatic N) is 2. The summed E-state index contributed by atoms with van der Waals surface area (Å²) in [6.07, 6.45) is 0.693. The van der Waals surface area contributed by atoms with Gasteiger partial charge in [0.15, 0.2) is 0 Å². The standard InChI is InChI=1S/C15H18N2O3/c1-10(18-2)14-16-17-15(20-14)12-8-9-19-13(12)11-6-4-3-5-7-11/h3-7,10,12-13H,8-9H2,1-2H3/t10-,12+,13-/m1/s1. The Bertz CT molecular complexity index is 555. The SMILES string of the molecule is CO[C@H](C)c1nnc([C@H]2CCO[C@@H]2c2ccccc2)o1. The van der Waals surface area contributed by atoms with Crippen LogP contribution in [0.5, 0.6) is 0 Å². The number of aromatic nitrogens is 2. The van der Waals surface area contributed by atoms with Crippen molar-refractivity contribution in [2.24, 2.45) is 0 Å². The van der Waals surface area contributed by atoms with Crippen LogP contribution in [0.15, 0.2) is 34.7 Å². The van der Waals surface area contributed by atoms with Gasteiger partial charge in [-0.15, -0.1) is 10.2 Å². The Balaban J connectivity index is 1.84. The molecule has 0 unspecified atom stereocenters. The molecule has 2 aromatic rings. The van der Waals surface area contributed by atoms with Crippen LogP contribution in [-0.4, -0.2) is 23.9 Å². The first-order chi connectivity index (χ1) is 9.79. The Kier molecular flexibility index (Phi) is 3.80. The third-order valence-corrected chi connectivity index (χ3v) is 3.69. The molecule has 3 rings (SSSR count). The summed E-state index contributed by atoms with van der Waals surface area (Å²) in [5.41, 5.74) is 1.15. The second kappa shape index (κ2) is 5.73. The Labute approximate surface area is 117 Å². The molecule has 2 heterocycles. The van der Waals surface area contributed by atoms with Crippen LogP contribution < -0.4 is 0 Å². The zero-order valence-electron chi connectivity index (χ0n) is 11.7. The molecule has 0 radical (unpaired) electrons. The van der Waals surface area contributed by atoms with Crippen LogP contribution >= 0.6 is 0 Å². The van der Waals surface area contributed by atoms with Gasteiger partial charge in [-0.25, -0.2) is 0 Å². The van der Waals surface area contributed by atoms with Crippen molar-refractivity contribution in [2.45, 2.75) is 31.5 Å². The van der Waals surface area contributed by atoms with Crippen molar-refractivity contribution < 1.29 is 13.9 Å². The second-order valence-electron chi connectivity index (χ2n) is 4.95. The lowest BCUT2D eigenvalue weighted by Crippen LogP contribution is -2.06. The van der Waals surface area contributed by atoms with Gasteiger partial charge in [-0.1, -0.05) is 30.3 Å². The Morgan fingerprint density at radius 1 is 1.25 bits per heavy atom. The van der Waals surface area contributed by atoms with Crippen LogP contribution in [0.4, 0.5) is 0 Å². The van der Waals surface area contributed by atoms with Gasteiger partial charge in [-0.2, -0.15) is 0 Å². The van der Waals surface area contributed by atoms with E-state index >= 15 is 0 Å². The van der Waals surface area contributed by atoms with Crippen molar-refractivity contribution >= 4 is 0 Å². The average molecular weight is 274 g/mol. The maximum Gasteiger partial charge on any atom is 0.244 e. The summed E-state index contributed by atoms with van der Waals surface area (Å²) in [4.78, 5) is 0. The summed E-state index contributed by atoms with van der Waals surface area (Å²) in [7, 11) is 1.62. The van der Waals surface area contributed by atoms with E-state index in [1.807, 2.05) is 25.1 Å². The largest absolute Gasteiger partial charge is 0.422 e. The van der Waals surface area contributed by atoms with Gasteiger partial charge in [0.2, 0.25) is 11.8 Å². The van der Waals surface area contributed by atoms with Crippen LogP contribution in [0.25, 0.3) is 0 Å². The predicted octanol–water partition coefficient (Wildman–Crippen LogP) is 3.02. The van der Waals surface area contributed by atoms with Gasteiger partial charge in [-0.3, -0.25) is 0 Å². The van der Waals surface area contributed by atoms with Gasteiger partial charge in [0.1, 0.15) is 6.10 Å². The smallest absolute Gasteiger partial charge is 0.244 e. The number of methoxy groups -OCH3 is 1. The van der Waals surface area contributed by atoms with Crippen molar-refractivity contribution in [2.75, 3.05) is 13.7 Å². The first-order valence-electron chi connectivity index (χ1n) is 6.82. The monoisotopic (exact) mass is 274 g/mol. The number of rotatable bonds is 4. The molecule has 0 saturated carbocycles.